The number of halogens is 4. The van der Waals surface area contributed by atoms with Crippen LogP contribution in [0.1, 0.15) is 28.8 Å². The van der Waals surface area contributed by atoms with Gasteiger partial charge in [-0.05, 0) is 38.1 Å². The van der Waals surface area contributed by atoms with Crippen LogP contribution in [-0.4, -0.2) is 37.0 Å². The summed E-state index contributed by atoms with van der Waals surface area (Å²) in [6, 6.07) is 2.79. The third-order valence-corrected chi connectivity index (χ3v) is 3.45. The van der Waals surface area contributed by atoms with Gasteiger partial charge in [0, 0.05) is 24.7 Å². The lowest BCUT2D eigenvalue weighted by molar-refractivity contribution is -0.140. The van der Waals surface area contributed by atoms with Crippen LogP contribution in [0.3, 0.4) is 0 Å². The van der Waals surface area contributed by atoms with Gasteiger partial charge in [-0.15, -0.1) is 0 Å². The van der Waals surface area contributed by atoms with Crippen molar-refractivity contribution in [1.82, 2.24) is 10.2 Å². The summed E-state index contributed by atoms with van der Waals surface area (Å²) in [6.07, 6.45) is -2.54. The Hall–Kier alpha value is -1.63. The van der Waals surface area contributed by atoms with Crippen LogP contribution in [0.25, 0.3) is 0 Å². The summed E-state index contributed by atoms with van der Waals surface area (Å²) >= 11 is 0. The number of alkyl halides is 3. The standard InChI is InChI=1S/C14H16F4N2O/c1-20(10-3-4-10)7-6-19-13(21)9-2-5-12(15)11(8-9)14(16,17)18/h2,5,8,10H,3-4,6-7H2,1H3,(H,19,21). The Kier molecular flexibility index (Phi) is 4.51. The first-order chi connectivity index (χ1) is 9.79. The highest BCUT2D eigenvalue weighted by atomic mass is 19.4. The van der Waals surface area contributed by atoms with Crippen molar-refractivity contribution in [3.05, 3.63) is 35.1 Å². The lowest BCUT2D eigenvalue weighted by atomic mass is 10.1. The van der Waals surface area contributed by atoms with Gasteiger partial charge in [0.2, 0.25) is 0 Å². The number of carbonyl (C=O) groups is 1. The van der Waals surface area contributed by atoms with E-state index in [0.717, 1.165) is 18.9 Å². The predicted molar refractivity (Wildman–Crippen MR) is 69.4 cm³/mol. The fourth-order valence-electron chi connectivity index (χ4n) is 2.03. The maximum absolute atomic E-state index is 13.1. The molecule has 21 heavy (non-hydrogen) atoms. The summed E-state index contributed by atoms with van der Waals surface area (Å²) in [5.74, 6) is -2.02. The van der Waals surface area contributed by atoms with Crippen LogP contribution in [0.5, 0.6) is 0 Å². The van der Waals surface area contributed by atoms with E-state index < -0.39 is 23.5 Å². The van der Waals surface area contributed by atoms with Crippen LogP contribution in [0, 0.1) is 5.82 Å². The van der Waals surface area contributed by atoms with E-state index in [2.05, 4.69) is 10.2 Å². The molecular formula is C14H16F4N2O. The Balaban J connectivity index is 1.95. The minimum atomic E-state index is -4.81. The number of nitrogens with one attached hydrogen (secondary N) is 1. The molecule has 1 aromatic carbocycles. The molecule has 0 aromatic heterocycles. The van der Waals surface area contributed by atoms with Gasteiger partial charge in [-0.3, -0.25) is 4.79 Å². The van der Waals surface area contributed by atoms with Crippen molar-refractivity contribution in [2.45, 2.75) is 25.1 Å². The molecule has 1 fully saturated rings. The molecule has 1 saturated carbocycles. The lowest BCUT2D eigenvalue weighted by Gasteiger charge is -2.16. The maximum atomic E-state index is 13.1. The van der Waals surface area contributed by atoms with Gasteiger partial charge in [0.15, 0.2) is 0 Å². The summed E-state index contributed by atoms with van der Waals surface area (Å²) in [4.78, 5) is 13.9. The third-order valence-electron chi connectivity index (χ3n) is 3.45. The lowest BCUT2D eigenvalue weighted by Crippen LogP contribution is -2.34. The minimum Gasteiger partial charge on any atom is -0.351 e. The molecular weight excluding hydrogens is 288 g/mol. The molecule has 0 radical (unpaired) electrons. The minimum absolute atomic E-state index is 0.196. The largest absolute Gasteiger partial charge is 0.419 e. The number of likely N-dealkylation sites (N-methyl/N-ethyl adjacent to an activating group) is 1. The second-order valence-corrected chi connectivity index (χ2v) is 5.16. The van der Waals surface area contributed by atoms with Crippen molar-refractivity contribution < 1.29 is 22.4 Å². The zero-order chi connectivity index (χ0) is 15.6. The quantitative estimate of drug-likeness (QED) is 0.848. The number of hydrogen-bond acceptors (Lipinski definition) is 2. The first kappa shape index (κ1) is 15.8. The molecule has 0 atom stereocenters. The molecule has 1 aliphatic carbocycles. The zero-order valence-corrected chi connectivity index (χ0v) is 11.5. The van der Waals surface area contributed by atoms with Gasteiger partial charge < -0.3 is 10.2 Å². The van der Waals surface area contributed by atoms with E-state index >= 15 is 0 Å². The average Bonchev–Trinajstić information content (AvgIpc) is 3.21. The molecule has 2 rings (SSSR count). The zero-order valence-electron chi connectivity index (χ0n) is 11.5. The summed E-state index contributed by atoms with van der Waals surface area (Å²) in [5.41, 5.74) is -1.62. The van der Waals surface area contributed by atoms with Crippen LogP contribution in [0.4, 0.5) is 17.6 Å². The first-order valence-electron chi connectivity index (χ1n) is 6.64. The molecule has 7 heteroatoms. The average molecular weight is 304 g/mol. The van der Waals surface area contributed by atoms with E-state index in [1.807, 2.05) is 7.05 Å². The Morgan fingerprint density at radius 1 is 1.38 bits per heavy atom. The molecule has 1 amide bonds. The summed E-state index contributed by atoms with van der Waals surface area (Å²) in [6.45, 7) is 0.967. The van der Waals surface area contributed by atoms with Gasteiger partial charge in [0.05, 0.1) is 5.56 Å². The van der Waals surface area contributed by atoms with Crippen LogP contribution >= 0.6 is 0 Å². The Labute approximate surface area is 119 Å². The highest BCUT2D eigenvalue weighted by Gasteiger charge is 2.34. The van der Waals surface area contributed by atoms with Gasteiger partial charge in [0.1, 0.15) is 5.82 Å². The Morgan fingerprint density at radius 2 is 2.05 bits per heavy atom. The van der Waals surface area contributed by atoms with E-state index in [4.69, 9.17) is 0 Å². The molecule has 116 valence electrons. The summed E-state index contributed by atoms with van der Waals surface area (Å²) in [5, 5.41) is 2.54. The van der Waals surface area contributed by atoms with Crippen molar-refractivity contribution in [2.75, 3.05) is 20.1 Å². The molecule has 1 aliphatic rings. The van der Waals surface area contributed by atoms with Gasteiger partial charge in [-0.25, -0.2) is 4.39 Å². The number of rotatable bonds is 5. The number of benzene rings is 1. The fourth-order valence-corrected chi connectivity index (χ4v) is 2.03. The van der Waals surface area contributed by atoms with Gasteiger partial charge in [-0.1, -0.05) is 0 Å². The van der Waals surface area contributed by atoms with Crippen molar-refractivity contribution in [3.63, 3.8) is 0 Å². The molecule has 0 saturated heterocycles. The molecule has 1 aromatic rings. The van der Waals surface area contributed by atoms with Crippen molar-refractivity contribution in [1.29, 1.82) is 0 Å². The third kappa shape index (κ3) is 4.17. The Morgan fingerprint density at radius 3 is 2.62 bits per heavy atom. The molecule has 3 nitrogen and oxygen atoms in total. The van der Waals surface area contributed by atoms with Gasteiger partial charge >= 0.3 is 6.18 Å². The van der Waals surface area contributed by atoms with Crippen molar-refractivity contribution >= 4 is 5.91 Å². The highest BCUT2D eigenvalue weighted by Crippen LogP contribution is 2.31. The first-order valence-corrected chi connectivity index (χ1v) is 6.64. The Bertz CT molecular complexity index is 526. The van der Waals surface area contributed by atoms with Gasteiger partial charge in [0.25, 0.3) is 5.91 Å². The van der Waals surface area contributed by atoms with Crippen molar-refractivity contribution in [2.24, 2.45) is 0 Å². The van der Waals surface area contributed by atoms with Crippen LogP contribution in [-0.2, 0) is 6.18 Å². The SMILES string of the molecule is CN(CCNC(=O)c1ccc(F)c(C(F)(F)F)c1)C1CC1. The van der Waals surface area contributed by atoms with Gasteiger partial charge in [-0.2, -0.15) is 13.2 Å². The van der Waals surface area contributed by atoms with E-state index in [1.165, 1.54) is 0 Å². The molecule has 0 heterocycles. The van der Waals surface area contributed by atoms with Crippen LogP contribution in [0.15, 0.2) is 18.2 Å². The maximum Gasteiger partial charge on any atom is 0.419 e. The van der Waals surface area contributed by atoms with E-state index in [-0.39, 0.29) is 5.56 Å². The summed E-state index contributed by atoms with van der Waals surface area (Å²) in [7, 11) is 1.93. The molecule has 0 aliphatic heterocycles. The summed E-state index contributed by atoms with van der Waals surface area (Å²) < 4.78 is 50.8. The predicted octanol–water partition coefficient (Wildman–Crippen LogP) is 2.67. The molecule has 0 bridgehead atoms. The number of amides is 1. The number of hydrogen-bond donors (Lipinski definition) is 1. The monoisotopic (exact) mass is 304 g/mol. The van der Waals surface area contributed by atoms with Crippen molar-refractivity contribution in [3.8, 4) is 0 Å². The fraction of sp³-hybridized carbons (Fsp3) is 0.500. The van der Waals surface area contributed by atoms with Crippen LogP contribution in [0.2, 0.25) is 0 Å². The second kappa shape index (κ2) is 6.01. The molecule has 0 unspecified atom stereocenters. The normalized spacial score (nSPS) is 15.3. The number of carbonyl (C=O) groups excluding carboxylic acids is 1. The molecule has 0 spiro atoms. The highest BCUT2D eigenvalue weighted by molar-refractivity contribution is 5.94. The van der Waals surface area contributed by atoms with E-state index in [9.17, 15) is 22.4 Å². The number of nitrogens with zero attached hydrogens (tertiary/aromatic N) is 1. The molecule has 1 N–H and O–H groups in total. The van der Waals surface area contributed by atoms with E-state index in [0.29, 0.717) is 31.3 Å². The smallest absolute Gasteiger partial charge is 0.351 e. The van der Waals surface area contributed by atoms with Crippen LogP contribution < -0.4 is 5.32 Å². The van der Waals surface area contributed by atoms with E-state index in [1.54, 1.807) is 0 Å². The topological polar surface area (TPSA) is 32.3 Å². The second-order valence-electron chi connectivity index (χ2n) is 5.16.